The molecule has 8 nitrogen and oxygen atoms in total. The molecule has 9 heteroatoms. The number of hydrogen-bond donors (Lipinski definition) is 0. The van der Waals surface area contributed by atoms with Crippen LogP contribution in [0.2, 0.25) is 5.02 Å². The molecule has 0 radical (unpaired) electrons. The van der Waals surface area contributed by atoms with Gasteiger partial charge in [-0.15, -0.1) is 0 Å². The summed E-state index contributed by atoms with van der Waals surface area (Å²) in [5, 5.41) is 4.73. The molecule has 180 valence electrons. The van der Waals surface area contributed by atoms with Crippen molar-refractivity contribution in [2.45, 2.75) is 26.3 Å². The van der Waals surface area contributed by atoms with Gasteiger partial charge in [0.25, 0.3) is 0 Å². The van der Waals surface area contributed by atoms with E-state index in [1.54, 1.807) is 18.3 Å². The molecule has 0 bridgehead atoms. The van der Waals surface area contributed by atoms with E-state index in [0.29, 0.717) is 55.1 Å². The molecule has 0 unspecified atom stereocenters. The van der Waals surface area contributed by atoms with Gasteiger partial charge in [-0.2, -0.15) is 4.98 Å². The Bertz CT molecular complexity index is 1280. The van der Waals surface area contributed by atoms with Crippen LogP contribution in [-0.2, 0) is 17.8 Å². The van der Waals surface area contributed by atoms with E-state index < -0.39 is 0 Å². The van der Waals surface area contributed by atoms with Crippen LogP contribution in [-0.4, -0.2) is 57.0 Å². The SMILES string of the molecule is Cc1ccc(-c2cnc(CCC(=O)N3CCN(Cc4nc(-c5ccc(Cl)cc5)no4)CC3)o2)cc1. The molecule has 35 heavy (non-hydrogen) atoms. The number of hydrogen-bond acceptors (Lipinski definition) is 7. The zero-order chi connectivity index (χ0) is 24.2. The van der Waals surface area contributed by atoms with Crippen LogP contribution < -0.4 is 0 Å². The minimum Gasteiger partial charge on any atom is -0.441 e. The Morgan fingerprint density at radius 3 is 2.43 bits per heavy atom. The topological polar surface area (TPSA) is 88.5 Å². The molecule has 2 aromatic heterocycles. The number of aryl methyl sites for hydroxylation is 2. The van der Waals surface area contributed by atoms with Crippen molar-refractivity contribution < 1.29 is 13.7 Å². The van der Waals surface area contributed by atoms with Gasteiger partial charge in [0.15, 0.2) is 11.7 Å². The number of carbonyl (C=O) groups excluding carboxylic acids is 1. The average molecular weight is 492 g/mol. The molecule has 0 saturated carbocycles. The quantitative estimate of drug-likeness (QED) is 0.372. The van der Waals surface area contributed by atoms with E-state index in [4.69, 9.17) is 20.5 Å². The van der Waals surface area contributed by atoms with Gasteiger partial charge in [-0.1, -0.05) is 46.6 Å². The van der Waals surface area contributed by atoms with Crippen LogP contribution in [0.15, 0.2) is 63.7 Å². The number of halogens is 1. The number of nitrogens with zero attached hydrogens (tertiary/aromatic N) is 5. The number of piperazine rings is 1. The van der Waals surface area contributed by atoms with Crippen molar-refractivity contribution in [1.82, 2.24) is 24.9 Å². The monoisotopic (exact) mass is 491 g/mol. The van der Waals surface area contributed by atoms with Crippen molar-refractivity contribution in [2.24, 2.45) is 0 Å². The Balaban J connectivity index is 1.08. The van der Waals surface area contributed by atoms with Crippen LogP contribution in [0.1, 0.15) is 23.8 Å². The second kappa shape index (κ2) is 10.4. The second-order valence-electron chi connectivity index (χ2n) is 8.66. The van der Waals surface area contributed by atoms with Gasteiger partial charge in [0.2, 0.25) is 17.6 Å². The molecule has 1 fully saturated rings. The molecule has 4 aromatic rings. The first-order valence-corrected chi connectivity index (χ1v) is 12.0. The molecule has 1 saturated heterocycles. The maximum Gasteiger partial charge on any atom is 0.241 e. The summed E-state index contributed by atoms with van der Waals surface area (Å²) in [5.74, 6) is 2.52. The van der Waals surface area contributed by atoms with Crippen molar-refractivity contribution in [3.8, 4) is 22.7 Å². The van der Waals surface area contributed by atoms with E-state index in [0.717, 1.165) is 30.0 Å². The second-order valence-corrected chi connectivity index (χ2v) is 9.10. The molecular weight excluding hydrogens is 466 g/mol. The molecular formula is C26H26ClN5O3. The minimum absolute atomic E-state index is 0.113. The van der Waals surface area contributed by atoms with Crippen LogP contribution >= 0.6 is 11.6 Å². The lowest BCUT2D eigenvalue weighted by molar-refractivity contribution is -0.133. The lowest BCUT2D eigenvalue weighted by atomic mass is 10.1. The van der Waals surface area contributed by atoms with Gasteiger partial charge >= 0.3 is 0 Å². The summed E-state index contributed by atoms with van der Waals surface area (Å²) < 4.78 is 11.3. The largest absolute Gasteiger partial charge is 0.441 e. The van der Waals surface area contributed by atoms with Crippen LogP contribution in [0.4, 0.5) is 0 Å². The van der Waals surface area contributed by atoms with Gasteiger partial charge in [-0.3, -0.25) is 9.69 Å². The van der Waals surface area contributed by atoms with Crippen molar-refractivity contribution in [1.29, 1.82) is 0 Å². The zero-order valence-electron chi connectivity index (χ0n) is 19.5. The maximum absolute atomic E-state index is 12.7. The van der Waals surface area contributed by atoms with E-state index in [2.05, 4.69) is 20.0 Å². The fraction of sp³-hybridized carbons (Fsp3) is 0.308. The molecule has 3 heterocycles. The summed E-state index contributed by atoms with van der Waals surface area (Å²) in [6.45, 7) is 5.43. The highest BCUT2D eigenvalue weighted by molar-refractivity contribution is 6.30. The maximum atomic E-state index is 12.7. The first-order chi connectivity index (χ1) is 17.0. The van der Waals surface area contributed by atoms with Crippen LogP contribution in [0.3, 0.4) is 0 Å². The smallest absolute Gasteiger partial charge is 0.241 e. The minimum atomic E-state index is 0.113. The Morgan fingerprint density at radius 1 is 0.971 bits per heavy atom. The molecule has 5 rings (SSSR count). The van der Waals surface area contributed by atoms with Crippen molar-refractivity contribution in [3.05, 3.63) is 77.1 Å². The first-order valence-electron chi connectivity index (χ1n) is 11.6. The highest BCUT2D eigenvalue weighted by Gasteiger charge is 2.23. The number of rotatable bonds is 7. The van der Waals surface area contributed by atoms with Crippen LogP contribution in [0, 0.1) is 6.92 Å². The summed E-state index contributed by atoms with van der Waals surface area (Å²) in [6.07, 6.45) is 2.58. The Hall–Kier alpha value is -3.49. The Labute approximate surface area is 208 Å². The highest BCUT2D eigenvalue weighted by atomic mass is 35.5. The summed E-state index contributed by atoms with van der Waals surface area (Å²) in [5.41, 5.74) is 3.04. The lowest BCUT2D eigenvalue weighted by Gasteiger charge is -2.33. The summed E-state index contributed by atoms with van der Waals surface area (Å²) >= 11 is 5.94. The molecule has 1 aliphatic heterocycles. The van der Waals surface area contributed by atoms with Crippen LogP contribution in [0.5, 0.6) is 0 Å². The summed E-state index contributed by atoms with van der Waals surface area (Å²) in [4.78, 5) is 25.7. The normalized spacial score (nSPS) is 14.4. The van der Waals surface area contributed by atoms with Gasteiger partial charge in [-0.25, -0.2) is 4.98 Å². The van der Waals surface area contributed by atoms with E-state index in [9.17, 15) is 4.79 Å². The van der Waals surface area contributed by atoms with Gasteiger partial charge in [0, 0.05) is 55.2 Å². The van der Waals surface area contributed by atoms with Crippen LogP contribution in [0.25, 0.3) is 22.7 Å². The average Bonchev–Trinajstić information content (AvgIpc) is 3.54. The Morgan fingerprint density at radius 2 is 1.69 bits per heavy atom. The fourth-order valence-electron chi connectivity index (χ4n) is 4.03. The third-order valence-corrected chi connectivity index (χ3v) is 6.35. The number of aromatic nitrogens is 3. The van der Waals surface area contributed by atoms with Gasteiger partial charge in [0.05, 0.1) is 12.7 Å². The molecule has 2 aromatic carbocycles. The highest BCUT2D eigenvalue weighted by Crippen LogP contribution is 2.22. The fourth-order valence-corrected chi connectivity index (χ4v) is 4.16. The van der Waals surface area contributed by atoms with Crippen molar-refractivity contribution in [2.75, 3.05) is 26.2 Å². The van der Waals surface area contributed by atoms with Gasteiger partial charge in [-0.05, 0) is 31.2 Å². The summed E-state index contributed by atoms with van der Waals surface area (Å²) in [6, 6.07) is 15.4. The molecule has 1 amide bonds. The first kappa shape index (κ1) is 23.3. The third-order valence-electron chi connectivity index (χ3n) is 6.10. The van der Waals surface area contributed by atoms with E-state index in [-0.39, 0.29) is 5.91 Å². The number of oxazole rings is 1. The van der Waals surface area contributed by atoms with Crippen molar-refractivity contribution in [3.63, 3.8) is 0 Å². The van der Waals surface area contributed by atoms with E-state index in [1.807, 2.05) is 48.2 Å². The lowest BCUT2D eigenvalue weighted by Crippen LogP contribution is -2.48. The molecule has 0 aliphatic carbocycles. The number of carbonyl (C=O) groups is 1. The summed E-state index contributed by atoms with van der Waals surface area (Å²) in [7, 11) is 0. The Kier molecular flexibility index (Phi) is 6.92. The van der Waals surface area contributed by atoms with Crippen molar-refractivity contribution >= 4 is 17.5 Å². The standard InChI is InChI=1S/C26H26ClN5O3/c1-18-2-4-19(5-3-18)22-16-28-23(34-22)10-11-25(33)32-14-12-31(13-15-32)17-24-29-26(30-35-24)20-6-8-21(27)9-7-20/h2-9,16H,10-15,17H2,1H3. The van der Waals surface area contributed by atoms with Gasteiger partial charge in [0.1, 0.15) is 0 Å². The number of amides is 1. The van der Waals surface area contributed by atoms with Gasteiger partial charge < -0.3 is 13.8 Å². The predicted molar refractivity (Wildman–Crippen MR) is 132 cm³/mol. The molecule has 0 N–H and O–H groups in total. The molecule has 0 atom stereocenters. The number of benzene rings is 2. The third kappa shape index (κ3) is 5.78. The predicted octanol–water partition coefficient (Wildman–Crippen LogP) is 4.63. The van der Waals surface area contributed by atoms with E-state index in [1.165, 1.54) is 5.56 Å². The zero-order valence-corrected chi connectivity index (χ0v) is 20.2. The van der Waals surface area contributed by atoms with E-state index >= 15 is 0 Å². The molecule has 0 spiro atoms. The molecule has 1 aliphatic rings.